The van der Waals surface area contributed by atoms with E-state index < -0.39 is 11.9 Å². The first-order chi connectivity index (χ1) is 26.5. The van der Waals surface area contributed by atoms with Crippen LogP contribution in [0.4, 0.5) is 5.69 Å². The summed E-state index contributed by atoms with van der Waals surface area (Å²) < 4.78 is 7.92. The van der Waals surface area contributed by atoms with Gasteiger partial charge in [-0.25, -0.2) is 0 Å². The average molecular weight is 788 g/mol. The Hall–Kier alpha value is -6.22. The molecule has 1 atom stereocenters. The summed E-state index contributed by atoms with van der Waals surface area (Å²) in [7, 11) is 0. The number of hydrogen-bond acceptors (Lipinski definition) is 10. The number of carbonyl (C=O) groups is 2. The number of aromatic nitrogens is 3. The summed E-state index contributed by atoms with van der Waals surface area (Å²) in [6.45, 7) is 6.00. The van der Waals surface area contributed by atoms with E-state index in [2.05, 4.69) is 40.2 Å². The van der Waals surface area contributed by atoms with Gasteiger partial charge in [-0.2, -0.15) is 0 Å². The molecule has 1 amide bonds. The van der Waals surface area contributed by atoms with Crippen molar-refractivity contribution in [1.29, 1.82) is 0 Å². The van der Waals surface area contributed by atoms with Gasteiger partial charge in [-0.1, -0.05) is 29.8 Å². The lowest BCUT2D eigenvalue weighted by Gasteiger charge is -2.18. The average Bonchev–Trinajstić information content (AvgIpc) is 3.64. The molecule has 5 aromatic rings. The number of phenols is 1. The highest BCUT2D eigenvalue weighted by Crippen LogP contribution is 2.43. The van der Waals surface area contributed by atoms with Crippen molar-refractivity contribution >= 4 is 74.8 Å². The number of nitrogens with one attached hydrogen (secondary N) is 3. The number of amides is 1. The van der Waals surface area contributed by atoms with E-state index in [1.165, 1.54) is 24.3 Å². The molecule has 0 fully saturated rings. The number of hydrogen-bond donors (Lipinski definition) is 4. The number of rotatable bonds is 6. The van der Waals surface area contributed by atoms with Crippen molar-refractivity contribution in [1.82, 2.24) is 25.6 Å². The molecule has 0 unspecified atom stereocenters. The summed E-state index contributed by atoms with van der Waals surface area (Å²) in [5.74, 6) is 1.13. The van der Waals surface area contributed by atoms with Gasteiger partial charge in [0.15, 0.2) is 22.7 Å². The van der Waals surface area contributed by atoms with Crippen LogP contribution in [0, 0.1) is 20.8 Å². The number of nitrogens with zero attached hydrogens (tertiary/aromatic N) is 4. The highest BCUT2D eigenvalue weighted by atomic mass is 35.5. The fraction of sp³-hybridized carbons (Fsp3) is 0.125. The van der Waals surface area contributed by atoms with Gasteiger partial charge in [0.2, 0.25) is 5.91 Å². The van der Waals surface area contributed by atoms with E-state index >= 15 is 0 Å². The highest BCUT2D eigenvalue weighted by Gasteiger charge is 2.32. The van der Waals surface area contributed by atoms with Crippen molar-refractivity contribution in [3.05, 3.63) is 133 Å². The lowest BCUT2D eigenvalue weighted by Crippen LogP contribution is -2.44. The molecular weight excluding hydrogens is 758 g/mol. The number of halogens is 1. The summed E-state index contributed by atoms with van der Waals surface area (Å²) in [5.41, 5.74) is 11.8. The second-order valence-corrected chi connectivity index (χ2v) is 15.0. The topological polar surface area (TPSA) is 164 Å². The van der Waals surface area contributed by atoms with E-state index in [9.17, 15) is 19.5 Å². The SMILES string of the molecule is Cc1sc2c(c1C)C(c1ccc(Cl)cc1)=N[C@@H](CC(=O)NNC(=S)Nc1ccc(-c3c4ccc(=O)cc-4oc4cc(O)ccc34)c(C=O)c1)c1nnc(C)n1-2. The van der Waals surface area contributed by atoms with Gasteiger partial charge in [-0.3, -0.25) is 34.8 Å². The molecule has 12 nitrogen and oxygen atoms in total. The second-order valence-electron chi connectivity index (χ2n) is 13.0. The molecule has 0 radical (unpaired) electrons. The van der Waals surface area contributed by atoms with Crippen molar-refractivity contribution in [2.24, 2.45) is 4.99 Å². The zero-order valence-electron chi connectivity index (χ0n) is 29.4. The van der Waals surface area contributed by atoms with Crippen LogP contribution in [0.1, 0.15) is 56.0 Å². The number of thiocarbonyl (C=S) groups is 1. The van der Waals surface area contributed by atoms with Gasteiger partial charge in [-0.05, 0) is 92.6 Å². The van der Waals surface area contributed by atoms with Gasteiger partial charge in [0.1, 0.15) is 34.0 Å². The molecule has 0 saturated heterocycles. The minimum atomic E-state index is -0.681. The molecule has 274 valence electrons. The van der Waals surface area contributed by atoms with Crippen LogP contribution in [0.25, 0.3) is 38.4 Å². The monoisotopic (exact) mass is 787 g/mol. The fourth-order valence-electron chi connectivity index (χ4n) is 6.76. The zero-order chi connectivity index (χ0) is 38.5. The van der Waals surface area contributed by atoms with E-state index in [1.807, 2.05) is 35.8 Å². The van der Waals surface area contributed by atoms with Crippen molar-refractivity contribution in [3.63, 3.8) is 0 Å². The summed E-state index contributed by atoms with van der Waals surface area (Å²) in [6.07, 6.45) is 0.648. The molecule has 2 aliphatic heterocycles. The van der Waals surface area contributed by atoms with Crippen LogP contribution >= 0.6 is 35.2 Å². The zero-order valence-corrected chi connectivity index (χ0v) is 31.8. The van der Waals surface area contributed by atoms with E-state index in [0.29, 0.717) is 61.3 Å². The Kier molecular flexibility index (Phi) is 9.25. The predicted molar refractivity (Wildman–Crippen MR) is 217 cm³/mol. The summed E-state index contributed by atoms with van der Waals surface area (Å²) in [5, 5.41) is 24.2. The van der Waals surface area contributed by atoms with Crippen LogP contribution in [0.3, 0.4) is 0 Å². The summed E-state index contributed by atoms with van der Waals surface area (Å²) in [4.78, 5) is 44.4. The Balaban J connectivity index is 1.03. The van der Waals surface area contributed by atoms with E-state index in [0.717, 1.165) is 38.6 Å². The van der Waals surface area contributed by atoms with E-state index in [4.69, 9.17) is 33.2 Å². The minimum Gasteiger partial charge on any atom is -0.508 e. The van der Waals surface area contributed by atoms with Gasteiger partial charge >= 0.3 is 0 Å². The first kappa shape index (κ1) is 35.8. The second kappa shape index (κ2) is 14.2. The van der Waals surface area contributed by atoms with Crippen LogP contribution < -0.4 is 21.6 Å². The Morgan fingerprint density at radius 2 is 1.76 bits per heavy atom. The van der Waals surface area contributed by atoms with Crippen LogP contribution in [0.5, 0.6) is 5.75 Å². The summed E-state index contributed by atoms with van der Waals surface area (Å²) in [6, 6.07) is 21.0. The number of carbonyl (C=O) groups excluding carboxylic acids is 2. The van der Waals surface area contributed by atoms with Gasteiger partial charge in [0, 0.05) is 60.9 Å². The number of thiophene rings is 1. The lowest BCUT2D eigenvalue weighted by molar-refractivity contribution is -0.122. The number of anilines is 1. The number of aldehydes is 1. The maximum Gasteiger partial charge on any atom is 0.241 e. The van der Waals surface area contributed by atoms with Gasteiger partial charge in [0.25, 0.3) is 0 Å². The first-order valence-electron chi connectivity index (χ1n) is 17.0. The van der Waals surface area contributed by atoms with E-state index in [1.54, 1.807) is 41.7 Å². The smallest absolute Gasteiger partial charge is 0.241 e. The molecule has 0 saturated carbocycles. The molecule has 15 heteroatoms. The third kappa shape index (κ3) is 6.64. The molecule has 4 heterocycles. The van der Waals surface area contributed by atoms with Gasteiger partial charge in [-0.15, -0.1) is 21.5 Å². The van der Waals surface area contributed by atoms with Gasteiger partial charge < -0.3 is 14.8 Å². The molecule has 4 N–H and O–H groups in total. The predicted octanol–water partition coefficient (Wildman–Crippen LogP) is 7.60. The molecule has 3 aromatic carbocycles. The van der Waals surface area contributed by atoms with Crippen LogP contribution in [-0.4, -0.2) is 42.9 Å². The van der Waals surface area contributed by atoms with E-state index in [-0.39, 0.29) is 22.7 Å². The Labute approximate surface area is 327 Å². The molecule has 1 aliphatic carbocycles. The van der Waals surface area contributed by atoms with Crippen LogP contribution in [-0.2, 0) is 4.79 Å². The number of hydrazine groups is 1. The Bertz CT molecular complexity index is 2770. The number of aromatic hydroxyl groups is 1. The Morgan fingerprint density at radius 1 is 0.982 bits per heavy atom. The molecule has 55 heavy (non-hydrogen) atoms. The minimum absolute atomic E-state index is 0.00637. The van der Waals surface area contributed by atoms with Crippen molar-refractivity contribution < 1.29 is 19.1 Å². The van der Waals surface area contributed by atoms with Gasteiger partial charge in [0.05, 0.1) is 12.1 Å². The first-order valence-corrected chi connectivity index (χ1v) is 18.6. The number of aliphatic imine (C=N–C) groups is 1. The molecule has 8 rings (SSSR count). The maximum atomic E-state index is 13.5. The molecule has 0 bridgehead atoms. The molecular formula is C40H30ClN7O5S2. The number of phenolic OH excluding ortho intramolecular Hbond substituents is 1. The van der Waals surface area contributed by atoms with Crippen molar-refractivity contribution in [2.45, 2.75) is 33.2 Å². The van der Waals surface area contributed by atoms with Crippen molar-refractivity contribution in [2.75, 3.05) is 5.32 Å². The maximum absolute atomic E-state index is 13.5. The highest BCUT2D eigenvalue weighted by molar-refractivity contribution is 7.80. The molecule has 3 aliphatic rings. The quantitative estimate of drug-likeness (QED) is 0.0571. The molecule has 2 aromatic heterocycles. The van der Waals surface area contributed by atoms with Crippen LogP contribution in [0.15, 0.2) is 93.1 Å². The third-order valence-electron chi connectivity index (χ3n) is 9.43. The number of fused-ring (bicyclic) bond motifs is 5. The third-order valence-corrected chi connectivity index (χ3v) is 11.1. The normalized spacial score (nSPS) is 13.5. The largest absolute Gasteiger partial charge is 0.508 e. The number of aryl methyl sites for hydroxylation is 2. The molecule has 0 spiro atoms. The summed E-state index contributed by atoms with van der Waals surface area (Å²) >= 11 is 13.4. The number of benzene rings is 4. The Morgan fingerprint density at radius 3 is 2.55 bits per heavy atom. The lowest BCUT2D eigenvalue weighted by atomic mass is 9.91. The van der Waals surface area contributed by atoms with Crippen molar-refractivity contribution in [3.8, 4) is 33.2 Å². The van der Waals surface area contributed by atoms with Crippen LogP contribution in [0.2, 0.25) is 5.02 Å². The fourth-order valence-corrected chi connectivity index (χ4v) is 8.27. The standard InChI is InChI=1S/C40H30ClN7O5S2/c1-19-20(2)55-39-35(19)37(22-4-6-24(41)7-5-22)43-31(38-46-44-21(3)48(38)39)17-34(52)45-47-40(54)42-25-8-11-28(23(14-25)18-49)36-29-12-9-26(50)15-32(29)53-33-16-27(51)10-13-30(33)36/h4-16,18,31,50H,17H2,1-3H3,(H,45,52)(H2,42,47,54)/t31-/m0/s1.